The summed E-state index contributed by atoms with van der Waals surface area (Å²) in [6.45, 7) is 5.34. The normalized spacial score (nSPS) is 16.3. The van der Waals surface area contributed by atoms with Crippen LogP contribution in [0.15, 0.2) is 59.5 Å². The van der Waals surface area contributed by atoms with Crippen LogP contribution in [-0.4, -0.2) is 53.6 Å². The van der Waals surface area contributed by atoms with Crippen molar-refractivity contribution in [1.82, 2.24) is 14.1 Å². The van der Waals surface area contributed by atoms with Crippen LogP contribution >= 0.6 is 0 Å². The number of aryl methyl sites for hydroxylation is 3. The van der Waals surface area contributed by atoms with Gasteiger partial charge in [0, 0.05) is 12.6 Å². The Balaban J connectivity index is 1.40. The number of nitrogens with one attached hydrogen (secondary N) is 1. The molecule has 0 radical (unpaired) electrons. The molecule has 1 aromatic heterocycles. The second-order valence-corrected chi connectivity index (χ2v) is 10.6. The Kier molecular flexibility index (Phi) is 7.04. The van der Waals surface area contributed by atoms with Gasteiger partial charge in [0.1, 0.15) is 11.9 Å². The molecule has 1 atom stereocenters. The number of amides is 1. The van der Waals surface area contributed by atoms with Gasteiger partial charge in [-0.1, -0.05) is 35.4 Å². The van der Waals surface area contributed by atoms with Gasteiger partial charge < -0.3 is 10.1 Å². The van der Waals surface area contributed by atoms with Crippen LogP contribution in [0.1, 0.15) is 29.7 Å². The number of hydrogen-bond donors (Lipinski definition) is 1. The topological polar surface area (TPSA) is 111 Å². The molecule has 2 heterocycles. The first-order valence-corrected chi connectivity index (χ1v) is 12.8. The zero-order valence-corrected chi connectivity index (χ0v) is 20.7. The molecule has 1 aliphatic rings. The minimum Gasteiger partial charge on any atom is -0.454 e. The van der Waals surface area contributed by atoms with E-state index < -0.39 is 34.5 Å². The summed E-state index contributed by atoms with van der Waals surface area (Å²) in [6.07, 6.45) is 0.872. The van der Waals surface area contributed by atoms with Gasteiger partial charge >= 0.3 is 5.97 Å². The van der Waals surface area contributed by atoms with Crippen LogP contribution in [0.4, 0.5) is 5.82 Å². The van der Waals surface area contributed by atoms with Gasteiger partial charge in [0.05, 0.1) is 16.3 Å². The number of benzene rings is 2. The third kappa shape index (κ3) is 5.44. The summed E-state index contributed by atoms with van der Waals surface area (Å²) in [6, 6.07) is 14.9. The van der Waals surface area contributed by atoms with E-state index in [2.05, 4.69) is 10.4 Å². The van der Waals surface area contributed by atoms with Crippen molar-refractivity contribution in [3.8, 4) is 5.69 Å². The average Bonchev–Trinajstić information content (AvgIpc) is 3.46. The summed E-state index contributed by atoms with van der Waals surface area (Å²) in [7, 11) is -3.85. The van der Waals surface area contributed by atoms with Gasteiger partial charge in [-0.3, -0.25) is 9.59 Å². The Labute approximate surface area is 204 Å². The average molecular weight is 497 g/mol. The summed E-state index contributed by atoms with van der Waals surface area (Å²) < 4.78 is 34.1. The number of sulfonamides is 1. The number of anilines is 1. The molecule has 1 amide bonds. The van der Waals surface area contributed by atoms with Gasteiger partial charge in [0.15, 0.2) is 6.61 Å². The van der Waals surface area contributed by atoms with Gasteiger partial charge in [-0.2, -0.15) is 9.40 Å². The second kappa shape index (κ2) is 10.0. The fraction of sp³-hybridized carbons (Fsp3) is 0.320. The van der Waals surface area contributed by atoms with E-state index in [0.717, 1.165) is 21.1 Å². The van der Waals surface area contributed by atoms with E-state index in [1.165, 1.54) is 12.1 Å². The molecule has 0 spiro atoms. The molecule has 1 saturated heterocycles. The van der Waals surface area contributed by atoms with Crippen molar-refractivity contribution >= 4 is 27.7 Å². The van der Waals surface area contributed by atoms with Crippen LogP contribution in [-0.2, 0) is 24.3 Å². The molecule has 4 rings (SSSR count). The molecular formula is C25H28N4O5S. The molecule has 1 aliphatic heterocycles. The Hall–Kier alpha value is -3.50. The molecule has 0 aliphatic carbocycles. The number of rotatable bonds is 7. The molecule has 184 valence electrons. The largest absolute Gasteiger partial charge is 0.454 e. The molecule has 0 bridgehead atoms. The smallest absolute Gasteiger partial charge is 0.324 e. The molecule has 1 fully saturated rings. The Morgan fingerprint density at radius 2 is 1.66 bits per heavy atom. The molecule has 2 aromatic carbocycles. The van der Waals surface area contributed by atoms with Crippen LogP contribution in [0.2, 0.25) is 0 Å². The number of esters is 1. The lowest BCUT2D eigenvalue weighted by molar-refractivity contribution is -0.150. The van der Waals surface area contributed by atoms with Gasteiger partial charge in [-0.05, 0) is 57.9 Å². The van der Waals surface area contributed by atoms with Gasteiger partial charge in [0.25, 0.3) is 5.91 Å². The molecule has 3 aromatic rings. The highest BCUT2D eigenvalue weighted by Crippen LogP contribution is 2.27. The monoisotopic (exact) mass is 496 g/mol. The minimum atomic E-state index is -3.85. The van der Waals surface area contributed by atoms with Crippen LogP contribution in [0, 0.1) is 20.8 Å². The lowest BCUT2D eigenvalue weighted by Crippen LogP contribution is -2.42. The third-order valence-electron chi connectivity index (χ3n) is 5.83. The van der Waals surface area contributed by atoms with E-state index in [4.69, 9.17) is 4.74 Å². The van der Waals surface area contributed by atoms with E-state index in [0.29, 0.717) is 24.4 Å². The predicted molar refractivity (Wildman–Crippen MR) is 131 cm³/mol. The van der Waals surface area contributed by atoms with Crippen LogP contribution in [0.5, 0.6) is 0 Å². The summed E-state index contributed by atoms with van der Waals surface area (Å²) in [4.78, 5) is 25.4. The minimum absolute atomic E-state index is 0.125. The molecule has 0 unspecified atom stereocenters. The number of hydrogen-bond acceptors (Lipinski definition) is 6. The first-order chi connectivity index (χ1) is 16.6. The summed E-state index contributed by atoms with van der Waals surface area (Å²) >= 11 is 0. The third-order valence-corrected chi connectivity index (χ3v) is 7.75. The van der Waals surface area contributed by atoms with Gasteiger partial charge in [-0.15, -0.1) is 0 Å². The first kappa shape index (κ1) is 24.6. The lowest BCUT2D eigenvalue weighted by Gasteiger charge is -2.22. The maximum Gasteiger partial charge on any atom is 0.324 e. The molecule has 10 heteroatoms. The van der Waals surface area contributed by atoms with Gasteiger partial charge in [0.2, 0.25) is 10.0 Å². The zero-order chi connectivity index (χ0) is 25.2. The number of carbonyl (C=O) groups is 2. The maximum atomic E-state index is 13.1. The van der Waals surface area contributed by atoms with Crippen LogP contribution in [0.3, 0.4) is 0 Å². The van der Waals surface area contributed by atoms with Gasteiger partial charge in [-0.25, -0.2) is 13.1 Å². The Morgan fingerprint density at radius 3 is 2.31 bits per heavy atom. The van der Waals surface area contributed by atoms with E-state index in [-0.39, 0.29) is 11.4 Å². The van der Waals surface area contributed by atoms with Crippen molar-refractivity contribution < 1.29 is 22.7 Å². The van der Waals surface area contributed by atoms with Crippen molar-refractivity contribution in [1.29, 1.82) is 0 Å². The molecule has 35 heavy (non-hydrogen) atoms. The first-order valence-electron chi connectivity index (χ1n) is 11.3. The van der Waals surface area contributed by atoms with Crippen LogP contribution < -0.4 is 5.32 Å². The Morgan fingerprint density at radius 1 is 1.03 bits per heavy atom. The Bertz CT molecular complexity index is 1330. The van der Waals surface area contributed by atoms with Crippen molar-refractivity contribution in [3.63, 3.8) is 0 Å². The molecule has 9 nitrogen and oxygen atoms in total. The van der Waals surface area contributed by atoms with E-state index >= 15 is 0 Å². The molecular weight excluding hydrogens is 468 g/mol. The summed E-state index contributed by atoms with van der Waals surface area (Å²) in [5, 5.41) is 7.13. The van der Waals surface area contributed by atoms with Crippen molar-refractivity contribution in [2.45, 2.75) is 44.6 Å². The quantitative estimate of drug-likeness (QED) is 0.503. The highest BCUT2D eigenvalue weighted by atomic mass is 32.2. The van der Waals surface area contributed by atoms with E-state index in [1.54, 1.807) is 22.9 Å². The summed E-state index contributed by atoms with van der Waals surface area (Å²) in [5.41, 5.74) is 3.52. The lowest BCUT2D eigenvalue weighted by atomic mass is 10.2. The van der Waals surface area contributed by atoms with Crippen molar-refractivity contribution in [3.05, 3.63) is 71.4 Å². The van der Waals surface area contributed by atoms with Crippen molar-refractivity contribution in [2.75, 3.05) is 18.5 Å². The maximum absolute atomic E-state index is 13.1. The SMILES string of the molecule is Cc1ccc(-n2nc(C)cc2NC(=O)COC(=O)[C@@H]2CCCN2S(=O)(=O)c2ccc(C)cc2)cc1. The molecule has 1 N–H and O–H groups in total. The second-order valence-electron chi connectivity index (χ2n) is 8.66. The fourth-order valence-electron chi connectivity index (χ4n) is 3.99. The standard InChI is InChI=1S/C25H28N4O5S/c1-17-6-10-20(11-7-17)29-23(15-19(3)27-29)26-24(30)16-34-25(31)22-5-4-14-28(22)35(32,33)21-12-8-18(2)9-13-21/h6-13,15,22H,4-5,14,16H2,1-3H3,(H,26,30)/t22-/m0/s1. The number of aromatic nitrogens is 2. The van der Waals surface area contributed by atoms with E-state index in [1.807, 2.05) is 45.0 Å². The predicted octanol–water partition coefficient (Wildman–Crippen LogP) is 3.13. The fourth-order valence-corrected chi connectivity index (χ4v) is 5.64. The number of ether oxygens (including phenoxy) is 1. The highest BCUT2D eigenvalue weighted by Gasteiger charge is 2.40. The molecule has 0 saturated carbocycles. The van der Waals surface area contributed by atoms with Crippen LogP contribution in [0.25, 0.3) is 5.69 Å². The van der Waals surface area contributed by atoms with Crippen molar-refractivity contribution in [2.24, 2.45) is 0 Å². The zero-order valence-electron chi connectivity index (χ0n) is 19.9. The number of nitrogens with zero attached hydrogens (tertiary/aromatic N) is 3. The highest BCUT2D eigenvalue weighted by molar-refractivity contribution is 7.89. The summed E-state index contributed by atoms with van der Waals surface area (Å²) in [5.74, 6) is -0.842. The van der Waals surface area contributed by atoms with E-state index in [9.17, 15) is 18.0 Å². The number of carbonyl (C=O) groups excluding carboxylic acids is 2.